The van der Waals surface area contributed by atoms with Gasteiger partial charge in [0.2, 0.25) is 0 Å². The summed E-state index contributed by atoms with van der Waals surface area (Å²) in [5.74, 6) is -4.39. The first-order chi connectivity index (χ1) is 12.2. The average molecular weight is 389 g/mol. The summed E-state index contributed by atoms with van der Waals surface area (Å²) in [5.41, 5.74) is -2.71. The highest BCUT2D eigenvalue weighted by Gasteiger charge is 2.36. The van der Waals surface area contributed by atoms with Gasteiger partial charge in [-0.05, 0) is 24.5 Å². The maximum Gasteiger partial charge on any atom is 0.446 e. The molecule has 0 aliphatic heterocycles. The minimum atomic E-state index is -4.82. The van der Waals surface area contributed by atoms with Crippen molar-refractivity contribution in [1.29, 1.82) is 0 Å². The van der Waals surface area contributed by atoms with E-state index >= 15 is 0 Å². The van der Waals surface area contributed by atoms with Crippen LogP contribution in [0.5, 0.6) is 0 Å². The summed E-state index contributed by atoms with van der Waals surface area (Å²) in [5, 5.41) is 3.33. The molecule has 1 aromatic carbocycles. The number of pyridine rings is 1. The first-order valence-corrected chi connectivity index (χ1v) is 8.11. The molecule has 0 unspecified atom stereocenters. The van der Waals surface area contributed by atoms with Crippen molar-refractivity contribution in [3.8, 4) is 17.1 Å². The Morgan fingerprint density at radius 1 is 1.19 bits per heavy atom. The minimum Gasteiger partial charge on any atom is -0.295 e. The standard InChI is InChI=1S/C15H8F5N3O2S/c1-26-11-5-8(15(18,19)20)7(6-21-11)13-22-25-14(24)23(13)12-9(16)3-2-4-10(12)17/h2-6H,1H3. The number of alkyl halides is 3. The predicted octanol–water partition coefficient (Wildman–Crippen LogP) is 3.91. The summed E-state index contributed by atoms with van der Waals surface area (Å²) in [4.78, 5) is 15.7. The van der Waals surface area contributed by atoms with Crippen molar-refractivity contribution >= 4 is 11.8 Å². The van der Waals surface area contributed by atoms with E-state index in [-0.39, 0.29) is 5.03 Å². The van der Waals surface area contributed by atoms with Crippen LogP contribution in [-0.2, 0) is 6.18 Å². The molecule has 11 heteroatoms. The number of benzene rings is 1. The van der Waals surface area contributed by atoms with Gasteiger partial charge in [0, 0.05) is 6.20 Å². The van der Waals surface area contributed by atoms with E-state index in [0.717, 1.165) is 42.2 Å². The Kier molecular flexibility index (Phi) is 4.57. The van der Waals surface area contributed by atoms with Crippen LogP contribution in [0.3, 0.4) is 0 Å². The SMILES string of the molecule is CSc1cc(C(F)(F)F)c(-c2noc(=O)n2-c2c(F)cccc2F)cn1. The lowest BCUT2D eigenvalue weighted by molar-refractivity contribution is -0.137. The molecule has 0 fully saturated rings. The molecule has 0 saturated heterocycles. The third-order valence-electron chi connectivity index (χ3n) is 3.40. The van der Waals surface area contributed by atoms with Crippen molar-refractivity contribution in [3.05, 3.63) is 58.2 Å². The molecule has 26 heavy (non-hydrogen) atoms. The van der Waals surface area contributed by atoms with Gasteiger partial charge in [0.15, 0.2) is 5.82 Å². The topological polar surface area (TPSA) is 60.9 Å². The zero-order chi connectivity index (χ0) is 19.1. The van der Waals surface area contributed by atoms with Gasteiger partial charge in [-0.15, -0.1) is 11.8 Å². The van der Waals surface area contributed by atoms with Crippen LogP contribution in [-0.4, -0.2) is 21.0 Å². The fraction of sp³-hybridized carbons (Fsp3) is 0.133. The van der Waals surface area contributed by atoms with Gasteiger partial charge in [-0.25, -0.2) is 23.1 Å². The maximum absolute atomic E-state index is 14.0. The lowest BCUT2D eigenvalue weighted by atomic mass is 10.1. The van der Waals surface area contributed by atoms with Crippen LogP contribution in [0, 0.1) is 11.6 Å². The van der Waals surface area contributed by atoms with Crippen LogP contribution in [0.2, 0.25) is 0 Å². The van der Waals surface area contributed by atoms with Gasteiger partial charge in [-0.1, -0.05) is 11.2 Å². The molecule has 3 rings (SSSR count). The van der Waals surface area contributed by atoms with Crippen molar-refractivity contribution in [1.82, 2.24) is 14.7 Å². The van der Waals surface area contributed by atoms with E-state index in [1.165, 1.54) is 6.26 Å². The molecular weight excluding hydrogens is 381 g/mol. The molecule has 0 atom stereocenters. The van der Waals surface area contributed by atoms with E-state index < -0.39 is 46.2 Å². The second kappa shape index (κ2) is 6.56. The van der Waals surface area contributed by atoms with Crippen LogP contribution in [0.1, 0.15) is 5.56 Å². The molecule has 0 aliphatic carbocycles. The smallest absolute Gasteiger partial charge is 0.295 e. The molecule has 0 amide bonds. The number of para-hydroxylation sites is 1. The molecule has 2 aromatic heterocycles. The Labute approximate surface area is 146 Å². The number of halogens is 5. The van der Waals surface area contributed by atoms with Crippen molar-refractivity contribution in [2.24, 2.45) is 0 Å². The molecule has 0 spiro atoms. The first kappa shape index (κ1) is 18.1. The number of hydrogen-bond acceptors (Lipinski definition) is 5. The quantitative estimate of drug-likeness (QED) is 0.502. The number of nitrogens with zero attached hydrogens (tertiary/aromatic N) is 3. The highest BCUT2D eigenvalue weighted by Crippen LogP contribution is 2.38. The van der Waals surface area contributed by atoms with E-state index in [2.05, 4.69) is 14.7 Å². The fourth-order valence-electron chi connectivity index (χ4n) is 2.28. The van der Waals surface area contributed by atoms with Crippen LogP contribution >= 0.6 is 11.8 Å². The van der Waals surface area contributed by atoms with Gasteiger partial charge in [-0.3, -0.25) is 4.52 Å². The molecule has 2 heterocycles. The molecule has 0 N–H and O–H groups in total. The third-order valence-corrected chi connectivity index (χ3v) is 4.04. The van der Waals surface area contributed by atoms with Crippen LogP contribution in [0.4, 0.5) is 22.0 Å². The second-order valence-corrected chi connectivity index (χ2v) is 5.77. The maximum atomic E-state index is 14.0. The van der Waals surface area contributed by atoms with Gasteiger partial charge in [0.1, 0.15) is 17.3 Å². The lowest BCUT2D eigenvalue weighted by Crippen LogP contribution is -2.18. The van der Waals surface area contributed by atoms with E-state index in [9.17, 15) is 26.7 Å². The molecule has 0 saturated carbocycles. The van der Waals surface area contributed by atoms with E-state index in [1.54, 1.807) is 0 Å². The third kappa shape index (κ3) is 3.09. The van der Waals surface area contributed by atoms with Gasteiger partial charge in [0.25, 0.3) is 0 Å². The second-order valence-electron chi connectivity index (χ2n) is 4.95. The summed E-state index contributed by atoms with van der Waals surface area (Å²) in [6, 6.07) is 3.49. The van der Waals surface area contributed by atoms with Crippen molar-refractivity contribution in [2.75, 3.05) is 6.26 Å². The summed E-state index contributed by atoms with van der Waals surface area (Å²) < 4.78 is 73.0. The zero-order valence-corrected chi connectivity index (χ0v) is 13.7. The van der Waals surface area contributed by atoms with Crippen molar-refractivity contribution in [2.45, 2.75) is 11.2 Å². The largest absolute Gasteiger partial charge is 0.446 e. The highest BCUT2D eigenvalue weighted by atomic mass is 32.2. The first-order valence-electron chi connectivity index (χ1n) is 6.88. The fourth-order valence-corrected chi connectivity index (χ4v) is 2.67. The minimum absolute atomic E-state index is 0.0653. The summed E-state index contributed by atoms with van der Waals surface area (Å²) in [6.07, 6.45) is -2.47. The predicted molar refractivity (Wildman–Crippen MR) is 82.0 cm³/mol. The summed E-state index contributed by atoms with van der Waals surface area (Å²) >= 11 is 0.970. The molecule has 3 aromatic rings. The van der Waals surface area contributed by atoms with Crippen LogP contribution < -0.4 is 5.76 Å². The summed E-state index contributed by atoms with van der Waals surface area (Å²) in [6.45, 7) is 0. The number of rotatable bonds is 3. The molecule has 5 nitrogen and oxygen atoms in total. The molecule has 0 bridgehead atoms. The van der Waals surface area contributed by atoms with E-state index in [4.69, 9.17) is 0 Å². The van der Waals surface area contributed by atoms with E-state index in [1.807, 2.05) is 0 Å². The zero-order valence-electron chi connectivity index (χ0n) is 12.8. The average Bonchev–Trinajstić information content (AvgIpc) is 2.95. The Morgan fingerprint density at radius 3 is 2.42 bits per heavy atom. The van der Waals surface area contributed by atoms with E-state index in [0.29, 0.717) is 4.57 Å². The molecule has 136 valence electrons. The number of hydrogen-bond donors (Lipinski definition) is 0. The summed E-state index contributed by atoms with van der Waals surface area (Å²) in [7, 11) is 0. The van der Waals surface area contributed by atoms with Gasteiger partial charge < -0.3 is 0 Å². The molecule has 0 aliphatic rings. The Bertz CT molecular complexity index is 1010. The lowest BCUT2D eigenvalue weighted by Gasteiger charge is -2.13. The van der Waals surface area contributed by atoms with Crippen molar-refractivity contribution < 1.29 is 26.5 Å². The van der Waals surface area contributed by atoms with Gasteiger partial charge in [0.05, 0.1) is 16.2 Å². The highest BCUT2D eigenvalue weighted by molar-refractivity contribution is 7.98. The number of thioether (sulfide) groups is 1. The monoisotopic (exact) mass is 389 g/mol. The normalized spacial score (nSPS) is 11.8. The molecular formula is C15H8F5N3O2S. The molecule has 0 radical (unpaired) electrons. The Hall–Kier alpha value is -2.69. The van der Waals surface area contributed by atoms with Crippen LogP contribution in [0.15, 0.2) is 44.8 Å². The van der Waals surface area contributed by atoms with Crippen molar-refractivity contribution in [3.63, 3.8) is 0 Å². The van der Waals surface area contributed by atoms with Gasteiger partial charge in [-0.2, -0.15) is 13.2 Å². The Morgan fingerprint density at radius 2 is 1.85 bits per heavy atom. The Balaban J connectivity index is 2.34. The van der Waals surface area contributed by atoms with Gasteiger partial charge >= 0.3 is 11.9 Å². The van der Waals surface area contributed by atoms with Crippen LogP contribution in [0.25, 0.3) is 17.1 Å². The number of aromatic nitrogens is 3.